The molecule has 0 spiro atoms. The maximum atomic E-state index is 5.88. The molecule has 0 atom stereocenters. The standard InChI is InChI=1S/C14H13N5/c1-8-10(9-5-3-2-4-6-9)7-11-12(15)18-14(16)19-13(11)17-8/h2-7H,1H3,(H4,15,16,17,18,19). The van der Waals surface area contributed by atoms with Crippen LogP contribution in [0.3, 0.4) is 0 Å². The second kappa shape index (κ2) is 4.20. The molecule has 0 saturated heterocycles. The number of aromatic nitrogens is 3. The Hall–Kier alpha value is -2.69. The minimum atomic E-state index is 0.143. The van der Waals surface area contributed by atoms with E-state index in [2.05, 4.69) is 15.0 Å². The summed E-state index contributed by atoms with van der Waals surface area (Å²) >= 11 is 0. The highest BCUT2D eigenvalue weighted by molar-refractivity contribution is 5.90. The molecule has 3 aromatic rings. The highest BCUT2D eigenvalue weighted by Crippen LogP contribution is 2.27. The number of fused-ring (bicyclic) bond motifs is 1. The smallest absolute Gasteiger partial charge is 0.224 e. The van der Waals surface area contributed by atoms with Gasteiger partial charge in [-0.2, -0.15) is 9.97 Å². The van der Waals surface area contributed by atoms with Gasteiger partial charge in [0.25, 0.3) is 0 Å². The van der Waals surface area contributed by atoms with Gasteiger partial charge in [0.1, 0.15) is 5.82 Å². The van der Waals surface area contributed by atoms with E-state index in [-0.39, 0.29) is 5.95 Å². The van der Waals surface area contributed by atoms with Crippen LogP contribution in [0.15, 0.2) is 36.4 Å². The molecular formula is C14H13N5. The number of anilines is 2. The minimum absolute atomic E-state index is 0.143. The summed E-state index contributed by atoms with van der Waals surface area (Å²) in [5, 5.41) is 0.721. The fourth-order valence-electron chi connectivity index (χ4n) is 2.09. The third-order valence-electron chi connectivity index (χ3n) is 3.01. The molecule has 0 amide bonds. The Kier molecular flexibility index (Phi) is 2.52. The van der Waals surface area contributed by atoms with Gasteiger partial charge in [-0.15, -0.1) is 0 Å². The molecule has 2 aromatic heterocycles. The molecule has 0 unspecified atom stereocenters. The average Bonchev–Trinajstić information content (AvgIpc) is 2.38. The lowest BCUT2D eigenvalue weighted by Crippen LogP contribution is -2.02. The van der Waals surface area contributed by atoms with Crippen molar-refractivity contribution in [2.24, 2.45) is 0 Å². The van der Waals surface area contributed by atoms with E-state index in [1.165, 1.54) is 0 Å². The van der Waals surface area contributed by atoms with Crippen LogP contribution >= 0.6 is 0 Å². The molecule has 5 heteroatoms. The fourth-order valence-corrected chi connectivity index (χ4v) is 2.09. The van der Waals surface area contributed by atoms with E-state index in [0.29, 0.717) is 11.5 Å². The number of pyridine rings is 1. The second-order valence-corrected chi connectivity index (χ2v) is 4.33. The Bertz CT molecular complexity index is 753. The predicted molar refractivity (Wildman–Crippen MR) is 76.3 cm³/mol. The van der Waals surface area contributed by atoms with Gasteiger partial charge in [0.15, 0.2) is 5.65 Å². The maximum Gasteiger partial charge on any atom is 0.224 e. The lowest BCUT2D eigenvalue weighted by atomic mass is 10.0. The highest BCUT2D eigenvalue weighted by atomic mass is 15.1. The largest absolute Gasteiger partial charge is 0.383 e. The summed E-state index contributed by atoms with van der Waals surface area (Å²) < 4.78 is 0. The van der Waals surface area contributed by atoms with Gasteiger partial charge in [0.2, 0.25) is 5.95 Å². The summed E-state index contributed by atoms with van der Waals surface area (Å²) in [5.74, 6) is 0.497. The lowest BCUT2D eigenvalue weighted by molar-refractivity contribution is 1.17. The number of benzene rings is 1. The van der Waals surface area contributed by atoms with Gasteiger partial charge < -0.3 is 11.5 Å². The summed E-state index contributed by atoms with van der Waals surface area (Å²) in [6, 6.07) is 12.0. The molecule has 1 aromatic carbocycles. The summed E-state index contributed by atoms with van der Waals surface area (Å²) in [5.41, 5.74) is 15.0. The summed E-state index contributed by atoms with van der Waals surface area (Å²) in [7, 11) is 0. The second-order valence-electron chi connectivity index (χ2n) is 4.33. The van der Waals surface area contributed by atoms with Crippen molar-refractivity contribution in [3.63, 3.8) is 0 Å². The third kappa shape index (κ3) is 1.95. The van der Waals surface area contributed by atoms with E-state index in [9.17, 15) is 0 Å². The number of hydrogen-bond donors (Lipinski definition) is 2. The summed E-state index contributed by atoms with van der Waals surface area (Å²) in [6.07, 6.45) is 0. The first-order valence-corrected chi connectivity index (χ1v) is 5.91. The van der Waals surface area contributed by atoms with Crippen LogP contribution in [0, 0.1) is 6.92 Å². The van der Waals surface area contributed by atoms with Crippen molar-refractivity contribution in [2.75, 3.05) is 11.5 Å². The van der Waals surface area contributed by atoms with Gasteiger partial charge in [0.05, 0.1) is 5.39 Å². The van der Waals surface area contributed by atoms with Crippen LogP contribution in [-0.2, 0) is 0 Å². The molecule has 0 aliphatic heterocycles. The van der Waals surface area contributed by atoms with Crippen molar-refractivity contribution >= 4 is 22.8 Å². The summed E-state index contributed by atoms with van der Waals surface area (Å²) in [4.78, 5) is 12.5. The zero-order chi connectivity index (χ0) is 13.4. The quantitative estimate of drug-likeness (QED) is 0.691. The van der Waals surface area contributed by atoms with Crippen LogP contribution < -0.4 is 11.5 Å². The molecule has 5 nitrogen and oxygen atoms in total. The number of hydrogen-bond acceptors (Lipinski definition) is 5. The van der Waals surface area contributed by atoms with Crippen molar-refractivity contribution in [2.45, 2.75) is 6.92 Å². The van der Waals surface area contributed by atoms with E-state index in [1.54, 1.807) is 0 Å². The first-order chi connectivity index (χ1) is 9.15. The number of aryl methyl sites for hydroxylation is 1. The van der Waals surface area contributed by atoms with Crippen molar-refractivity contribution < 1.29 is 0 Å². The number of rotatable bonds is 1. The molecule has 0 aliphatic rings. The number of nitrogens with zero attached hydrogens (tertiary/aromatic N) is 3. The third-order valence-corrected chi connectivity index (χ3v) is 3.01. The predicted octanol–water partition coefficient (Wildman–Crippen LogP) is 2.16. The van der Waals surface area contributed by atoms with E-state index >= 15 is 0 Å². The molecule has 0 aliphatic carbocycles. The molecule has 0 radical (unpaired) electrons. The van der Waals surface area contributed by atoms with Crippen LogP contribution in [0.25, 0.3) is 22.2 Å². The van der Waals surface area contributed by atoms with Gasteiger partial charge in [-0.3, -0.25) is 0 Å². The molecule has 0 fully saturated rings. The molecule has 0 bridgehead atoms. The van der Waals surface area contributed by atoms with Crippen molar-refractivity contribution in [1.82, 2.24) is 15.0 Å². The van der Waals surface area contributed by atoms with E-state index < -0.39 is 0 Å². The molecule has 3 rings (SSSR count). The van der Waals surface area contributed by atoms with E-state index in [0.717, 1.165) is 22.2 Å². The maximum absolute atomic E-state index is 5.88. The normalized spacial score (nSPS) is 10.8. The van der Waals surface area contributed by atoms with Crippen molar-refractivity contribution in [3.05, 3.63) is 42.1 Å². The molecule has 0 saturated carbocycles. The van der Waals surface area contributed by atoms with Crippen LogP contribution in [0.5, 0.6) is 0 Å². The first kappa shape index (κ1) is 11.4. The molecule has 4 N–H and O–H groups in total. The van der Waals surface area contributed by atoms with Crippen LogP contribution in [0.1, 0.15) is 5.69 Å². The van der Waals surface area contributed by atoms with E-state index in [4.69, 9.17) is 11.5 Å². The topological polar surface area (TPSA) is 90.7 Å². The van der Waals surface area contributed by atoms with Crippen LogP contribution in [0.2, 0.25) is 0 Å². The zero-order valence-electron chi connectivity index (χ0n) is 10.5. The summed E-state index contributed by atoms with van der Waals surface area (Å²) in [6.45, 7) is 1.94. The van der Waals surface area contributed by atoms with Gasteiger partial charge in [-0.1, -0.05) is 30.3 Å². The Labute approximate surface area is 110 Å². The Balaban J connectivity index is 2.31. The first-order valence-electron chi connectivity index (χ1n) is 5.91. The SMILES string of the molecule is Cc1nc2nc(N)nc(N)c2cc1-c1ccccc1. The number of nitrogens with two attached hydrogens (primary N) is 2. The monoisotopic (exact) mass is 251 g/mol. The zero-order valence-corrected chi connectivity index (χ0v) is 10.5. The Morgan fingerprint density at radius 2 is 1.68 bits per heavy atom. The average molecular weight is 251 g/mol. The molecular weight excluding hydrogens is 238 g/mol. The van der Waals surface area contributed by atoms with Gasteiger partial charge in [-0.05, 0) is 18.6 Å². The van der Waals surface area contributed by atoms with Gasteiger partial charge in [-0.25, -0.2) is 4.98 Å². The highest BCUT2D eigenvalue weighted by Gasteiger charge is 2.10. The van der Waals surface area contributed by atoms with Gasteiger partial charge >= 0.3 is 0 Å². The molecule has 94 valence electrons. The van der Waals surface area contributed by atoms with Crippen LogP contribution in [-0.4, -0.2) is 15.0 Å². The number of nitrogen functional groups attached to an aromatic ring is 2. The van der Waals surface area contributed by atoms with Crippen molar-refractivity contribution in [1.29, 1.82) is 0 Å². The molecule has 19 heavy (non-hydrogen) atoms. The Morgan fingerprint density at radius 3 is 2.42 bits per heavy atom. The minimum Gasteiger partial charge on any atom is -0.383 e. The van der Waals surface area contributed by atoms with Gasteiger partial charge in [0, 0.05) is 11.3 Å². The Morgan fingerprint density at radius 1 is 0.947 bits per heavy atom. The van der Waals surface area contributed by atoms with E-state index in [1.807, 2.05) is 43.3 Å². The molecule has 2 heterocycles. The lowest BCUT2D eigenvalue weighted by Gasteiger charge is -2.08. The fraction of sp³-hybridized carbons (Fsp3) is 0.0714. The van der Waals surface area contributed by atoms with Crippen LogP contribution in [0.4, 0.5) is 11.8 Å². The van der Waals surface area contributed by atoms with Crippen molar-refractivity contribution in [3.8, 4) is 11.1 Å².